The highest BCUT2D eigenvalue weighted by Crippen LogP contribution is 2.29. The van der Waals surface area contributed by atoms with E-state index in [4.69, 9.17) is 5.26 Å². The van der Waals surface area contributed by atoms with Crippen LogP contribution in [-0.4, -0.2) is 24.3 Å². The van der Waals surface area contributed by atoms with Crippen LogP contribution < -0.4 is 10.6 Å². The number of benzene rings is 1. The van der Waals surface area contributed by atoms with Gasteiger partial charge in [-0.05, 0) is 43.7 Å². The molecule has 1 aromatic rings. The van der Waals surface area contributed by atoms with Crippen LogP contribution in [0.3, 0.4) is 0 Å². The van der Waals surface area contributed by atoms with Crippen LogP contribution in [0.2, 0.25) is 0 Å². The lowest BCUT2D eigenvalue weighted by Gasteiger charge is -2.14. The van der Waals surface area contributed by atoms with Crippen LogP contribution in [0.25, 0.3) is 0 Å². The largest absolute Gasteiger partial charge is 0.416 e. The number of halogens is 3. The van der Waals surface area contributed by atoms with Gasteiger partial charge in [-0.2, -0.15) is 18.4 Å². The molecule has 1 fully saturated rings. The number of ketones is 1. The van der Waals surface area contributed by atoms with Crippen molar-refractivity contribution in [1.82, 2.24) is 5.32 Å². The maximum atomic E-state index is 12.5. The Bertz CT molecular complexity index is 629. The first kappa shape index (κ1) is 17.0. The van der Waals surface area contributed by atoms with Gasteiger partial charge in [-0.25, -0.2) is 0 Å². The van der Waals surface area contributed by atoms with Crippen LogP contribution in [-0.2, 0) is 15.8 Å². The molecule has 23 heavy (non-hydrogen) atoms. The molecule has 0 bridgehead atoms. The summed E-state index contributed by atoms with van der Waals surface area (Å²) in [6.45, 7) is 0.648. The monoisotopic (exact) mass is 325 g/mol. The highest BCUT2D eigenvalue weighted by atomic mass is 19.4. The standard InChI is InChI=1S/C15H14F3N3O2/c16-15(17,18)9-3-5-10(6-4-9)21-14(23)11(8-19)13(22)12-2-1-7-20-12/h3-6,11-12,20H,1-2,7H2,(H,21,23). The van der Waals surface area contributed by atoms with Crippen molar-refractivity contribution in [2.75, 3.05) is 11.9 Å². The predicted molar refractivity (Wildman–Crippen MR) is 75.2 cm³/mol. The van der Waals surface area contributed by atoms with Gasteiger partial charge >= 0.3 is 6.18 Å². The van der Waals surface area contributed by atoms with Crippen molar-refractivity contribution in [3.8, 4) is 6.07 Å². The summed E-state index contributed by atoms with van der Waals surface area (Å²) in [7, 11) is 0. The van der Waals surface area contributed by atoms with Crippen molar-refractivity contribution < 1.29 is 22.8 Å². The number of Topliss-reactive ketones (excluding diaryl/α,β-unsaturated/α-hetero) is 1. The van der Waals surface area contributed by atoms with E-state index >= 15 is 0 Å². The molecule has 0 aromatic heterocycles. The van der Waals surface area contributed by atoms with E-state index in [1.807, 2.05) is 0 Å². The van der Waals surface area contributed by atoms with Gasteiger partial charge in [-0.1, -0.05) is 0 Å². The third-order valence-corrected chi connectivity index (χ3v) is 3.56. The van der Waals surface area contributed by atoms with Gasteiger partial charge in [0.05, 0.1) is 17.7 Å². The molecule has 1 amide bonds. The van der Waals surface area contributed by atoms with E-state index in [-0.39, 0.29) is 5.69 Å². The zero-order valence-corrected chi connectivity index (χ0v) is 12.0. The fraction of sp³-hybridized carbons (Fsp3) is 0.400. The number of nitriles is 1. The zero-order chi connectivity index (χ0) is 17.0. The summed E-state index contributed by atoms with van der Waals surface area (Å²) in [6.07, 6.45) is -3.12. The predicted octanol–water partition coefficient (Wildman–Crippen LogP) is 2.10. The SMILES string of the molecule is N#CC(C(=O)Nc1ccc(C(F)(F)F)cc1)C(=O)C1CCCN1. The van der Waals surface area contributed by atoms with E-state index in [2.05, 4.69) is 10.6 Å². The first-order valence-corrected chi connectivity index (χ1v) is 6.98. The van der Waals surface area contributed by atoms with Crippen LogP contribution in [0.4, 0.5) is 18.9 Å². The van der Waals surface area contributed by atoms with Gasteiger partial charge in [0.1, 0.15) is 0 Å². The molecule has 8 heteroatoms. The molecule has 1 aliphatic rings. The molecule has 0 aliphatic carbocycles. The summed E-state index contributed by atoms with van der Waals surface area (Å²) in [6, 6.07) is 4.91. The number of carbonyl (C=O) groups excluding carboxylic acids is 2. The van der Waals surface area contributed by atoms with Crippen molar-refractivity contribution in [2.24, 2.45) is 5.92 Å². The smallest absolute Gasteiger partial charge is 0.325 e. The van der Waals surface area contributed by atoms with Gasteiger partial charge in [0.25, 0.3) is 0 Å². The van der Waals surface area contributed by atoms with Crippen molar-refractivity contribution in [3.63, 3.8) is 0 Å². The lowest BCUT2D eigenvalue weighted by molar-refractivity contribution is -0.137. The van der Waals surface area contributed by atoms with E-state index in [1.54, 1.807) is 6.07 Å². The molecule has 2 N–H and O–H groups in total. The van der Waals surface area contributed by atoms with Gasteiger partial charge in [0, 0.05) is 5.69 Å². The highest BCUT2D eigenvalue weighted by Gasteiger charge is 2.34. The minimum atomic E-state index is -4.47. The normalized spacial score (nSPS) is 19.0. The fourth-order valence-electron chi connectivity index (χ4n) is 2.34. The third kappa shape index (κ3) is 4.07. The average Bonchev–Trinajstić information content (AvgIpc) is 3.01. The van der Waals surface area contributed by atoms with E-state index in [0.717, 1.165) is 30.7 Å². The summed E-state index contributed by atoms with van der Waals surface area (Å²) >= 11 is 0. The van der Waals surface area contributed by atoms with Crippen LogP contribution in [0.1, 0.15) is 18.4 Å². The summed E-state index contributed by atoms with van der Waals surface area (Å²) in [4.78, 5) is 24.1. The number of carbonyl (C=O) groups is 2. The van der Waals surface area contributed by atoms with Gasteiger partial charge in [-0.3, -0.25) is 9.59 Å². The first-order chi connectivity index (χ1) is 10.8. The second kappa shape index (κ2) is 6.79. The number of nitrogens with zero attached hydrogens (tertiary/aromatic N) is 1. The third-order valence-electron chi connectivity index (χ3n) is 3.56. The Labute approximate surface area is 130 Å². The van der Waals surface area contributed by atoms with Crippen molar-refractivity contribution >= 4 is 17.4 Å². The van der Waals surface area contributed by atoms with Crippen LogP contribution in [0, 0.1) is 17.2 Å². The summed E-state index contributed by atoms with van der Waals surface area (Å²) < 4.78 is 37.4. The maximum Gasteiger partial charge on any atom is 0.416 e. The number of rotatable bonds is 4. The van der Waals surface area contributed by atoms with E-state index in [9.17, 15) is 22.8 Å². The molecule has 0 radical (unpaired) electrons. The van der Waals surface area contributed by atoms with Gasteiger partial charge in [0.15, 0.2) is 11.7 Å². The van der Waals surface area contributed by atoms with Crippen LogP contribution in [0.15, 0.2) is 24.3 Å². The van der Waals surface area contributed by atoms with Gasteiger partial charge in [0.2, 0.25) is 5.91 Å². The molecule has 1 heterocycles. The Morgan fingerprint density at radius 3 is 2.43 bits per heavy atom. The van der Waals surface area contributed by atoms with E-state index in [0.29, 0.717) is 13.0 Å². The lowest BCUT2D eigenvalue weighted by Crippen LogP contribution is -2.40. The minimum Gasteiger partial charge on any atom is -0.325 e. The summed E-state index contributed by atoms with van der Waals surface area (Å²) in [5, 5.41) is 14.3. The Kier molecular flexibility index (Phi) is 5.01. The minimum absolute atomic E-state index is 0.0930. The maximum absolute atomic E-state index is 12.5. The Morgan fingerprint density at radius 1 is 1.30 bits per heavy atom. The van der Waals surface area contributed by atoms with E-state index < -0.39 is 35.4 Å². The highest BCUT2D eigenvalue weighted by molar-refractivity contribution is 6.11. The Hall–Kier alpha value is -2.40. The Morgan fingerprint density at radius 2 is 1.96 bits per heavy atom. The number of hydrogen-bond donors (Lipinski definition) is 2. The van der Waals surface area contributed by atoms with Crippen LogP contribution >= 0.6 is 0 Å². The summed E-state index contributed by atoms with van der Waals surface area (Å²) in [5.74, 6) is -2.85. The molecule has 1 aliphatic heterocycles. The number of nitrogens with one attached hydrogen (secondary N) is 2. The molecule has 2 rings (SSSR count). The number of anilines is 1. The Balaban J connectivity index is 2.05. The molecule has 1 aromatic carbocycles. The first-order valence-electron chi connectivity index (χ1n) is 6.98. The topological polar surface area (TPSA) is 82.0 Å². The second-order valence-electron chi connectivity index (χ2n) is 5.18. The second-order valence-corrected chi connectivity index (χ2v) is 5.18. The van der Waals surface area contributed by atoms with Crippen molar-refractivity contribution in [3.05, 3.63) is 29.8 Å². The lowest BCUT2D eigenvalue weighted by atomic mass is 9.97. The zero-order valence-electron chi connectivity index (χ0n) is 12.0. The quantitative estimate of drug-likeness (QED) is 0.831. The summed E-state index contributed by atoms with van der Waals surface area (Å²) in [5.41, 5.74) is -0.756. The molecule has 2 atom stereocenters. The van der Waals surface area contributed by atoms with Gasteiger partial charge < -0.3 is 10.6 Å². The van der Waals surface area contributed by atoms with E-state index in [1.165, 1.54) is 0 Å². The number of alkyl halides is 3. The molecule has 1 saturated heterocycles. The van der Waals surface area contributed by atoms with Crippen LogP contribution in [0.5, 0.6) is 0 Å². The molecule has 2 unspecified atom stereocenters. The molecular formula is C15H14F3N3O2. The molecule has 122 valence electrons. The molecule has 5 nitrogen and oxygen atoms in total. The fourth-order valence-corrected chi connectivity index (χ4v) is 2.34. The number of hydrogen-bond acceptors (Lipinski definition) is 4. The van der Waals surface area contributed by atoms with Crippen molar-refractivity contribution in [2.45, 2.75) is 25.1 Å². The average molecular weight is 325 g/mol. The molecular weight excluding hydrogens is 311 g/mol. The molecule has 0 saturated carbocycles. The number of amides is 1. The van der Waals surface area contributed by atoms with Gasteiger partial charge in [-0.15, -0.1) is 0 Å². The molecule has 0 spiro atoms. The van der Waals surface area contributed by atoms with Crippen molar-refractivity contribution in [1.29, 1.82) is 5.26 Å².